The maximum absolute atomic E-state index is 11.2. The summed E-state index contributed by atoms with van der Waals surface area (Å²) in [6, 6.07) is 57.5. The van der Waals surface area contributed by atoms with Crippen molar-refractivity contribution < 1.29 is 30.6 Å². The monoisotopic (exact) mass is 921 g/mol. The number of pyridine rings is 1. The van der Waals surface area contributed by atoms with Crippen molar-refractivity contribution in [2.75, 3.05) is 4.90 Å². The molecule has 0 spiro atoms. The standard InChI is InChI=1S/C51H40N3O2.Pt/c1-33-27-35(42-21-14-22-43-41(25-26-52-48(42)43)34-15-8-5-9-16-34)29-36(28-33)44-31-40(54(38-17-10-6-11-18-38)39-19-12-7-13-20-39)32-47-49(44)53-50(56-47)45-30-37(51(2,3)4)23-24-46(45)55;/h5-28,30-32,55H,1-4H3;/q-1;. The molecule has 0 amide bonds. The number of aromatic hydroxyl groups is 1. The number of oxazole rings is 1. The molecule has 282 valence electrons. The van der Waals surface area contributed by atoms with Gasteiger partial charge in [-0.05, 0) is 64.6 Å². The van der Waals surface area contributed by atoms with Crippen molar-refractivity contribution in [1.82, 2.24) is 9.97 Å². The van der Waals surface area contributed by atoms with Crippen molar-refractivity contribution in [3.05, 3.63) is 181 Å². The molecule has 5 nitrogen and oxygen atoms in total. The minimum absolute atomic E-state index is 0. The summed E-state index contributed by atoms with van der Waals surface area (Å²) in [6.07, 6.45) is 1.89. The maximum Gasteiger partial charge on any atom is 0.230 e. The van der Waals surface area contributed by atoms with Gasteiger partial charge in [-0.15, -0.1) is 34.9 Å². The van der Waals surface area contributed by atoms with Gasteiger partial charge in [0, 0.05) is 61.3 Å². The second-order valence-electron chi connectivity index (χ2n) is 15.3. The van der Waals surface area contributed by atoms with Crippen LogP contribution in [0.15, 0.2) is 168 Å². The fourth-order valence-corrected chi connectivity index (χ4v) is 7.51. The van der Waals surface area contributed by atoms with Gasteiger partial charge in [-0.2, -0.15) is 0 Å². The van der Waals surface area contributed by atoms with E-state index < -0.39 is 0 Å². The predicted octanol–water partition coefficient (Wildman–Crippen LogP) is 13.6. The van der Waals surface area contributed by atoms with E-state index in [1.807, 2.05) is 66.9 Å². The number of benzene rings is 7. The number of aryl methyl sites for hydroxylation is 1. The number of hydrogen-bond donors (Lipinski definition) is 1. The van der Waals surface area contributed by atoms with Gasteiger partial charge in [-0.1, -0.05) is 136 Å². The third-order valence-electron chi connectivity index (χ3n) is 10.3. The largest absolute Gasteiger partial charge is 0.507 e. The summed E-state index contributed by atoms with van der Waals surface area (Å²) in [7, 11) is 0. The van der Waals surface area contributed by atoms with Crippen LogP contribution in [0.4, 0.5) is 17.1 Å². The van der Waals surface area contributed by atoms with E-state index in [0.29, 0.717) is 22.6 Å². The zero-order valence-corrected chi connectivity index (χ0v) is 34.4. The summed E-state index contributed by atoms with van der Waals surface area (Å²) in [5.74, 6) is 0.469. The van der Waals surface area contributed by atoms with Crippen LogP contribution in [-0.4, -0.2) is 15.1 Å². The van der Waals surface area contributed by atoms with E-state index in [1.54, 1.807) is 6.07 Å². The van der Waals surface area contributed by atoms with Gasteiger partial charge in [-0.25, -0.2) is 4.98 Å². The Labute approximate surface area is 347 Å². The van der Waals surface area contributed by atoms with Crippen LogP contribution in [0, 0.1) is 13.0 Å². The average Bonchev–Trinajstić information content (AvgIpc) is 3.65. The van der Waals surface area contributed by atoms with Gasteiger partial charge >= 0.3 is 0 Å². The Morgan fingerprint density at radius 2 is 1.25 bits per heavy atom. The van der Waals surface area contributed by atoms with Gasteiger partial charge in [0.1, 0.15) is 11.3 Å². The van der Waals surface area contributed by atoms with Crippen LogP contribution in [0.1, 0.15) is 31.9 Å². The van der Waals surface area contributed by atoms with E-state index in [4.69, 9.17) is 14.4 Å². The second-order valence-corrected chi connectivity index (χ2v) is 15.3. The Hall–Kier alpha value is -6.29. The van der Waals surface area contributed by atoms with Crippen LogP contribution in [0.25, 0.3) is 66.8 Å². The minimum atomic E-state index is -0.135. The van der Waals surface area contributed by atoms with Crippen molar-refractivity contribution in [2.24, 2.45) is 0 Å². The van der Waals surface area contributed by atoms with Crippen molar-refractivity contribution >= 4 is 39.1 Å². The van der Waals surface area contributed by atoms with Crippen LogP contribution in [0.5, 0.6) is 5.75 Å². The Bertz CT molecular complexity index is 2830. The van der Waals surface area contributed by atoms with Crippen LogP contribution in [0.3, 0.4) is 0 Å². The molecule has 2 heterocycles. The van der Waals surface area contributed by atoms with Gasteiger partial charge in [0.2, 0.25) is 5.89 Å². The molecule has 0 aliphatic rings. The number of phenolic OH excluding ortho intramolecular Hbond substituents is 1. The number of nitrogens with zero attached hydrogens (tertiary/aromatic N) is 3. The fourth-order valence-electron chi connectivity index (χ4n) is 7.51. The first-order chi connectivity index (χ1) is 27.2. The van der Waals surface area contributed by atoms with Gasteiger partial charge in [-0.3, -0.25) is 4.98 Å². The zero-order valence-electron chi connectivity index (χ0n) is 32.1. The molecule has 0 bridgehead atoms. The molecule has 6 heteroatoms. The molecule has 0 aliphatic carbocycles. The minimum Gasteiger partial charge on any atom is -0.507 e. The third-order valence-corrected chi connectivity index (χ3v) is 10.3. The molecule has 0 saturated carbocycles. The molecule has 1 N–H and O–H groups in total. The van der Waals surface area contributed by atoms with E-state index in [0.717, 1.165) is 72.5 Å². The van der Waals surface area contributed by atoms with Gasteiger partial charge in [0.15, 0.2) is 0 Å². The van der Waals surface area contributed by atoms with Crippen molar-refractivity contribution in [2.45, 2.75) is 33.1 Å². The number of anilines is 3. The number of phenols is 1. The fraction of sp³-hybridized carbons (Fsp3) is 0.0980. The van der Waals surface area contributed by atoms with Crippen molar-refractivity contribution in [3.8, 4) is 50.6 Å². The molecule has 0 fully saturated rings. The molecule has 0 saturated heterocycles. The van der Waals surface area contributed by atoms with E-state index in [-0.39, 0.29) is 32.2 Å². The first-order valence-electron chi connectivity index (χ1n) is 18.9. The molecular weight excluding hydrogens is 882 g/mol. The summed E-state index contributed by atoms with van der Waals surface area (Å²) in [5.41, 5.74) is 13.6. The predicted molar refractivity (Wildman–Crippen MR) is 230 cm³/mol. The average molecular weight is 922 g/mol. The molecule has 7 aromatic carbocycles. The summed E-state index contributed by atoms with van der Waals surface area (Å²) in [6.45, 7) is 8.57. The van der Waals surface area contributed by atoms with Crippen molar-refractivity contribution in [3.63, 3.8) is 0 Å². The van der Waals surface area contributed by atoms with Crippen molar-refractivity contribution in [1.29, 1.82) is 0 Å². The van der Waals surface area contributed by atoms with E-state index >= 15 is 0 Å². The van der Waals surface area contributed by atoms with Gasteiger partial charge < -0.3 is 14.4 Å². The summed E-state index contributed by atoms with van der Waals surface area (Å²) >= 11 is 0. The number of rotatable bonds is 7. The molecule has 9 aromatic rings. The molecular formula is C51H40N3O2Pt-. The smallest absolute Gasteiger partial charge is 0.230 e. The number of para-hydroxylation sites is 3. The quantitative estimate of drug-likeness (QED) is 0.161. The van der Waals surface area contributed by atoms with Crippen LogP contribution >= 0.6 is 0 Å². The molecule has 57 heavy (non-hydrogen) atoms. The summed E-state index contributed by atoms with van der Waals surface area (Å²) in [4.78, 5) is 12.3. The SMILES string of the molecule is Cc1cc(-c2cc(N(c3ccccc3)c3ccccc3)cc3oc(-c4cc(C(C)(C)C)ccc4O)nc23)[c-]c(-c2cccc3c(-c4ccccc4)ccnc23)c1.[Pt]. The van der Waals surface area contributed by atoms with Crippen LogP contribution in [0.2, 0.25) is 0 Å². The molecule has 0 aliphatic heterocycles. The number of fused-ring (bicyclic) bond motifs is 2. The molecule has 0 unspecified atom stereocenters. The van der Waals surface area contributed by atoms with E-state index in [2.05, 4.69) is 130 Å². The first-order valence-corrected chi connectivity index (χ1v) is 18.9. The second kappa shape index (κ2) is 15.3. The van der Waals surface area contributed by atoms with Gasteiger partial charge in [0.05, 0.1) is 11.1 Å². The maximum atomic E-state index is 11.2. The molecule has 9 rings (SSSR count). The Morgan fingerprint density at radius 3 is 1.91 bits per heavy atom. The van der Waals surface area contributed by atoms with Gasteiger partial charge in [0.25, 0.3) is 0 Å². The first kappa shape index (κ1) is 37.6. The summed E-state index contributed by atoms with van der Waals surface area (Å²) < 4.78 is 6.66. The molecule has 2 aromatic heterocycles. The van der Waals surface area contributed by atoms with Crippen LogP contribution < -0.4 is 4.90 Å². The van der Waals surface area contributed by atoms with E-state index in [9.17, 15) is 5.11 Å². The topological polar surface area (TPSA) is 62.4 Å². The number of hydrogen-bond acceptors (Lipinski definition) is 5. The molecule has 0 radical (unpaired) electrons. The number of aromatic nitrogens is 2. The van der Waals surface area contributed by atoms with Crippen LogP contribution in [-0.2, 0) is 26.5 Å². The Kier molecular flexibility index (Phi) is 10.1. The Morgan fingerprint density at radius 1 is 0.596 bits per heavy atom. The third kappa shape index (κ3) is 7.27. The normalized spacial score (nSPS) is 11.4. The summed E-state index contributed by atoms with van der Waals surface area (Å²) in [5, 5.41) is 12.2. The van der Waals surface area contributed by atoms with E-state index in [1.165, 1.54) is 0 Å². The zero-order chi connectivity index (χ0) is 38.4. The molecule has 0 atom stereocenters. The Balaban J connectivity index is 0.00000455.